The molecule has 0 radical (unpaired) electrons. The molecular formula is C17H27N5. The van der Waals surface area contributed by atoms with Gasteiger partial charge in [0, 0.05) is 37.6 Å². The van der Waals surface area contributed by atoms with Crippen LogP contribution in [-0.4, -0.2) is 42.5 Å². The molecule has 0 bridgehead atoms. The van der Waals surface area contributed by atoms with Crippen LogP contribution in [0.4, 0.5) is 0 Å². The van der Waals surface area contributed by atoms with Gasteiger partial charge in [0.15, 0.2) is 5.96 Å². The summed E-state index contributed by atoms with van der Waals surface area (Å²) in [6.07, 6.45) is 7.27. The Kier molecular flexibility index (Phi) is 6.40. The quantitative estimate of drug-likeness (QED) is 0.645. The highest BCUT2D eigenvalue weighted by molar-refractivity contribution is 5.78. The van der Waals surface area contributed by atoms with E-state index < -0.39 is 0 Å². The fraction of sp³-hybridized carbons (Fsp3) is 0.529. The Morgan fingerprint density at radius 1 is 1.45 bits per heavy atom. The summed E-state index contributed by atoms with van der Waals surface area (Å²) in [5.74, 6) is 1.06. The SMILES string of the molecule is CC/C(=C\NC(N)=NC)CN1CCC(c2ccccn2)CC1. The van der Waals surface area contributed by atoms with Gasteiger partial charge in [-0.15, -0.1) is 0 Å². The Labute approximate surface area is 133 Å². The van der Waals surface area contributed by atoms with Crippen molar-refractivity contribution in [2.75, 3.05) is 26.7 Å². The first kappa shape index (κ1) is 16.5. The van der Waals surface area contributed by atoms with E-state index in [9.17, 15) is 0 Å². The summed E-state index contributed by atoms with van der Waals surface area (Å²) in [4.78, 5) is 10.9. The number of nitrogens with zero attached hydrogens (tertiary/aromatic N) is 3. The van der Waals surface area contributed by atoms with Crippen LogP contribution in [0.1, 0.15) is 37.8 Å². The third-order valence-corrected chi connectivity index (χ3v) is 4.24. The average Bonchev–Trinajstić information content (AvgIpc) is 2.59. The number of likely N-dealkylation sites (tertiary alicyclic amines) is 1. The molecule has 3 N–H and O–H groups in total. The molecule has 120 valence electrons. The summed E-state index contributed by atoms with van der Waals surface area (Å²) >= 11 is 0. The van der Waals surface area contributed by atoms with E-state index in [-0.39, 0.29) is 0 Å². The molecule has 0 aliphatic carbocycles. The van der Waals surface area contributed by atoms with E-state index in [1.807, 2.05) is 18.5 Å². The van der Waals surface area contributed by atoms with Gasteiger partial charge in [0.05, 0.1) is 0 Å². The van der Waals surface area contributed by atoms with Crippen LogP contribution in [0.3, 0.4) is 0 Å². The number of aromatic nitrogens is 1. The number of hydrogen-bond acceptors (Lipinski definition) is 3. The van der Waals surface area contributed by atoms with Crippen molar-refractivity contribution in [1.82, 2.24) is 15.2 Å². The highest BCUT2D eigenvalue weighted by atomic mass is 15.1. The predicted octanol–water partition coefficient (Wildman–Crippen LogP) is 2.09. The summed E-state index contributed by atoms with van der Waals surface area (Å²) in [7, 11) is 1.68. The van der Waals surface area contributed by atoms with Crippen molar-refractivity contribution in [2.24, 2.45) is 10.7 Å². The van der Waals surface area contributed by atoms with E-state index in [1.54, 1.807) is 7.05 Å². The molecule has 1 aromatic heterocycles. The second-order valence-electron chi connectivity index (χ2n) is 5.71. The van der Waals surface area contributed by atoms with Crippen molar-refractivity contribution in [3.63, 3.8) is 0 Å². The third kappa shape index (κ3) is 4.84. The van der Waals surface area contributed by atoms with Crippen LogP contribution in [-0.2, 0) is 0 Å². The number of guanidine groups is 1. The first-order valence-electron chi connectivity index (χ1n) is 8.03. The Balaban J connectivity index is 1.83. The lowest BCUT2D eigenvalue weighted by Crippen LogP contribution is -2.35. The number of nitrogens with one attached hydrogen (secondary N) is 1. The van der Waals surface area contributed by atoms with Gasteiger partial charge in [-0.25, -0.2) is 0 Å². The number of aliphatic imine (C=N–C) groups is 1. The zero-order chi connectivity index (χ0) is 15.8. The first-order valence-corrected chi connectivity index (χ1v) is 8.03. The molecule has 1 saturated heterocycles. The predicted molar refractivity (Wildman–Crippen MR) is 91.7 cm³/mol. The summed E-state index contributed by atoms with van der Waals surface area (Å²) in [5, 5.41) is 3.04. The van der Waals surface area contributed by atoms with Crippen LogP contribution >= 0.6 is 0 Å². The van der Waals surface area contributed by atoms with Gasteiger partial charge in [-0.1, -0.05) is 13.0 Å². The van der Waals surface area contributed by atoms with Crippen molar-refractivity contribution in [3.8, 4) is 0 Å². The zero-order valence-corrected chi connectivity index (χ0v) is 13.6. The lowest BCUT2D eigenvalue weighted by Gasteiger charge is -2.32. The van der Waals surface area contributed by atoms with Gasteiger partial charge >= 0.3 is 0 Å². The molecule has 0 unspecified atom stereocenters. The minimum atomic E-state index is 0.458. The molecule has 0 saturated carbocycles. The van der Waals surface area contributed by atoms with Crippen molar-refractivity contribution in [2.45, 2.75) is 32.1 Å². The van der Waals surface area contributed by atoms with Gasteiger partial charge in [0.2, 0.25) is 0 Å². The third-order valence-electron chi connectivity index (χ3n) is 4.24. The fourth-order valence-corrected chi connectivity index (χ4v) is 2.79. The highest BCUT2D eigenvalue weighted by Gasteiger charge is 2.21. The number of pyridine rings is 1. The van der Waals surface area contributed by atoms with Crippen molar-refractivity contribution >= 4 is 5.96 Å². The summed E-state index contributed by atoms with van der Waals surface area (Å²) in [5.41, 5.74) is 8.25. The number of hydrogen-bond donors (Lipinski definition) is 2. The minimum Gasteiger partial charge on any atom is -0.370 e. The molecule has 22 heavy (non-hydrogen) atoms. The Hall–Kier alpha value is -1.88. The average molecular weight is 301 g/mol. The molecule has 0 spiro atoms. The van der Waals surface area contributed by atoms with Crippen LogP contribution in [0, 0.1) is 0 Å². The maximum absolute atomic E-state index is 5.67. The van der Waals surface area contributed by atoms with Crippen LogP contribution < -0.4 is 11.1 Å². The lowest BCUT2D eigenvalue weighted by atomic mass is 9.93. The standard InChI is InChI=1S/C17H27N5/c1-3-14(12-21-17(18)19-2)13-22-10-7-15(8-11-22)16-6-4-5-9-20-16/h4-6,9,12,15H,3,7-8,10-11,13H2,1-2H3,(H3,18,19,21)/b14-12+. The van der Waals surface area contributed by atoms with Crippen LogP contribution in [0.2, 0.25) is 0 Å². The van der Waals surface area contributed by atoms with E-state index in [2.05, 4.69) is 39.2 Å². The van der Waals surface area contributed by atoms with Gasteiger partial charge in [-0.05, 0) is 50.1 Å². The van der Waals surface area contributed by atoms with E-state index in [0.717, 1.165) is 26.1 Å². The Bertz CT molecular complexity index is 501. The number of nitrogens with two attached hydrogens (primary N) is 1. The van der Waals surface area contributed by atoms with Crippen LogP contribution in [0.25, 0.3) is 0 Å². The molecule has 1 aromatic rings. The van der Waals surface area contributed by atoms with Gasteiger partial charge in [0.1, 0.15) is 0 Å². The molecule has 5 nitrogen and oxygen atoms in total. The number of piperidine rings is 1. The first-order chi connectivity index (χ1) is 10.7. The zero-order valence-electron chi connectivity index (χ0n) is 13.6. The maximum Gasteiger partial charge on any atom is 0.192 e. The van der Waals surface area contributed by atoms with Crippen molar-refractivity contribution in [1.29, 1.82) is 0 Å². The number of rotatable bonds is 5. The molecule has 0 atom stereocenters. The van der Waals surface area contributed by atoms with Crippen LogP contribution in [0.5, 0.6) is 0 Å². The summed E-state index contributed by atoms with van der Waals surface area (Å²) in [6.45, 7) is 5.41. The molecule has 0 amide bonds. The lowest BCUT2D eigenvalue weighted by molar-refractivity contribution is 0.225. The monoisotopic (exact) mass is 301 g/mol. The Morgan fingerprint density at radius 3 is 2.82 bits per heavy atom. The van der Waals surface area contributed by atoms with Crippen molar-refractivity contribution in [3.05, 3.63) is 41.9 Å². The van der Waals surface area contributed by atoms with Gasteiger partial charge in [0.25, 0.3) is 0 Å². The fourth-order valence-electron chi connectivity index (χ4n) is 2.79. The molecule has 1 aliphatic heterocycles. The van der Waals surface area contributed by atoms with E-state index in [0.29, 0.717) is 11.9 Å². The molecule has 1 fully saturated rings. The molecule has 1 aliphatic rings. The maximum atomic E-state index is 5.67. The smallest absolute Gasteiger partial charge is 0.192 e. The van der Waals surface area contributed by atoms with E-state index >= 15 is 0 Å². The second kappa shape index (κ2) is 8.54. The van der Waals surface area contributed by atoms with Crippen molar-refractivity contribution < 1.29 is 0 Å². The topological polar surface area (TPSA) is 66.5 Å². The normalized spacial score (nSPS) is 18.5. The minimum absolute atomic E-state index is 0.458. The molecule has 5 heteroatoms. The summed E-state index contributed by atoms with van der Waals surface area (Å²) in [6, 6.07) is 6.21. The largest absolute Gasteiger partial charge is 0.370 e. The highest BCUT2D eigenvalue weighted by Crippen LogP contribution is 2.26. The Morgan fingerprint density at radius 2 is 2.23 bits per heavy atom. The van der Waals surface area contributed by atoms with E-state index in [1.165, 1.54) is 24.1 Å². The summed E-state index contributed by atoms with van der Waals surface area (Å²) < 4.78 is 0. The molecule has 2 rings (SSSR count). The van der Waals surface area contributed by atoms with E-state index in [4.69, 9.17) is 5.73 Å². The molecule has 0 aromatic carbocycles. The second-order valence-corrected chi connectivity index (χ2v) is 5.71. The molecule has 2 heterocycles. The van der Waals surface area contributed by atoms with Crippen LogP contribution in [0.15, 0.2) is 41.2 Å². The van der Waals surface area contributed by atoms with Gasteiger partial charge in [-0.2, -0.15) is 0 Å². The molecular weight excluding hydrogens is 274 g/mol. The van der Waals surface area contributed by atoms with Gasteiger partial charge < -0.3 is 11.1 Å². The van der Waals surface area contributed by atoms with Gasteiger partial charge in [-0.3, -0.25) is 14.9 Å².